The molecule has 3 heteroatoms. The van der Waals surface area contributed by atoms with Crippen molar-refractivity contribution in [2.75, 3.05) is 19.6 Å². The van der Waals surface area contributed by atoms with Gasteiger partial charge in [0.1, 0.15) is 0 Å². The van der Waals surface area contributed by atoms with E-state index in [1.165, 1.54) is 51.7 Å². The van der Waals surface area contributed by atoms with E-state index in [1.807, 2.05) is 0 Å². The number of likely N-dealkylation sites (tertiary alicyclic amines) is 1. The number of piperidine rings is 1. The normalized spacial score (nSPS) is 26.8. The highest BCUT2D eigenvalue weighted by Crippen LogP contribution is 2.29. The van der Waals surface area contributed by atoms with Crippen molar-refractivity contribution in [1.82, 2.24) is 4.90 Å². The lowest BCUT2D eigenvalue weighted by atomic mass is 9.85. The Balaban J connectivity index is 1.65. The Morgan fingerprint density at radius 1 is 1.15 bits per heavy atom. The van der Waals surface area contributed by atoms with Crippen LogP contribution in [0.4, 0.5) is 0 Å². The van der Waals surface area contributed by atoms with Gasteiger partial charge < -0.3 is 14.0 Å². The predicted molar refractivity (Wildman–Crippen MR) is 58.4 cm³/mol. The van der Waals surface area contributed by atoms with Crippen LogP contribution in [-0.2, 0) is 0 Å². The van der Waals surface area contributed by atoms with Crippen LogP contribution in [0.25, 0.3) is 0 Å². The lowest BCUT2D eigenvalue weighted by Gasteiger charge is -2.36. The first-order valence-electron chi connectivity index (χ1n) is 5.67. The molecule has 1 heterocycles. The van der Waals surface area contributed by atoms with Crippen molar-refractivity contribution in [3.8, 4) is 0 Å². The molecule has 2 rings (SSSR count). The van der Waals surface area contributed by atoms with Crippen molar-refractivity contribution in [2.45, 2.75) is 36.2 Å². The Hall–Kier alpha value is 1.02. The van der Waals surface area contributed by atoms with Crippen molar-refractivity contribution in [2.24, 2.45) is 5.92 Å². The first-order valence-corrected chi connectivity index (χ1v) is 8.62. The summed E-state index contributed by atoms with van der Waals surface area (Å²) >= 11 is -0.227. The van der Waals surface area contributed by atoms with Gasteiger partial charge in [-0.15, -0.1) is 4.05 Å². The Morgan fingerprint density at radius 2 is 1.85 bits per heavy atom. The maximum atomic E-state index is 5.99. The fourth-order valence-corrected chi connectivity index (χ4v) is 3.96. The fourth-order valence-electron chi connectivity index (χ4n) is 2.36. The van der Waals surface area contributed by atoms with Crippen molar-refractivity contribution >= 4 is 28.3 Å². The van der Waals surface area contributed by atoms with Gasteiger partial charge >= 0.3 is 19.3 Å². The number of rotatable bonds is 3. The van der Waals surface area contributed by atoms with Gasteiger partial charge in [-0.05, 0) is 31.8 Å². The molecule has 0 amide bonds. The summed E-state index contributed by atoms with van der Waals surface area (Å²) in [7, 11) is 5.99. The van der Waals surface area contributed by atoms with Gasteiger partial charge in [0.25, 0.3) is 0 Å². The molecule has 0 unspecified atom stereocenters. The molecule has 0 aromatic carbocycles. The minimum absolute atomic E-state index is 0.227. The van der Waals surface area contributed by atoms with E-state index in [-0.39, 0.29) is 19.3 Å². The van der Waals surface area contributed by atoms with E-state index in [1.54, 1.807) is 0 Å². The van der Waals surface area contributed by atoms with Crippen molar-refractivity contribution in [3.05, 3.63) is 0 Å². The molecule has 0 atom stereocenters. The van der Waals surface area contributed by atoms with Gasteiger partial charge in [0.05, 0.1) is 0 Å². The smallest absolute Gasteiger partial charge is 0.346 e. The minimum Gasteiger partial charge on any atom is -0.346 e. The Bertz CT molecular complexity index is 153. The zero-order valence-electron chi connectivity index (χ0n) is 8.34. The van der Waals surface area contributed by atoms with Crippen LogP contribution in [0.3, 0.4) is 0 Å². The molecule has 72 valence electrons. The summed E-state index contributed by atoms with van der Waals surface area (Å²) in [6.07, 6.45) is 7.25. The van der Waals surface area contributed by atoms with Crippen molar-refractivity contribution < 1.29 is 0 Å². The Kier molecular flexibility index (Phi) is 4.21. The summed E-state index contributed by atoms with van der Waals surface area (Å²) in [5.41, 5.74) is 0. The lowest BCUT2D eigenvalue weighted by Crippen LogP contribution is -2.38. The van der Waals surface area contributed by atoms with E-state index >= 15 is 0 Å². The molecule has 0 N–H and O–H groups in total. The summed E-state index contributed by atoms with van der Waals surface area (Å²) in [5.74, 6) is 1.05. The number of hydrogen-bond acceptors (Lipinski definition) is 1. The SMILES string of the molecule is [Cl][Mg][CH]1CCN(CC2CCC2)CC1. The minimum atomic E-state index is -0.227. The Morgan fingerprint density at radius 3 is 2.31 bits per heavy atom. The molecular weight excluding hydrogens is 194 g/mol. The molecule has 0 bridgehead atoms. The highest BCUT2D eigenvalue weighted by molar-refractivity contribution is 6.94. The molecule has 1 aliphatic heterocycles. The van der Waals surface area contributed by atoms with Crippen LogP contribution in [0.15, 0.2) is 0 Å². The van der Waals surface area contributed by atoms with Crippen LogP contribution in [0.5, 0.6) is 0 Å². The third-order valence-corrected chi connectivity index (χ3v) is 6.23. The molecule has 0 aromatic heterocycles. The summed E-state index contributed by atoms with van der Waals surface area (Å²) in [6, 6.07) is 0. The highest BCUT2D eigenvalue weighted by Gasteiger charge is 2.24. The van der Waals surface area contributed by atoms with E-state index in [4.69, 9.17) is 9.07 Å². The van der Waals surface area contributed by atoms with E-state index in [2.05, 4.69) is 4.90 Å². The van der Waals surface area contributed by atoms with E-state index < -0.39 is 0 Å². The first kappa shape index (κ1) is 10.5. The highest BCUT2D eigenvalue weighted by atomic mass is 35.5. The second-order valence-corrected chi connectivity index (χ2v) is 7.08. The second-order valence-electron chi connectivity index (χ2n) is 4.70. The predicted octanol–water partition coefficient (Wildman–Crippen LogP) is 2.53. The fraction of sp³-hybridized carbons (Fsp3) is 1.00. The summed E-state index contributed by atoms with van der Waals surface area (Å²) in [4.78, 5) is 2.67. The lowest BCUT2D eigenvalue weighted by molar-refractivity contribution is 0.155. The van der Waals surface area contributed by atoms with Crippen molar-refractivity contribution in [3.63, 3.8) is 0 Å². The molecule has 0 radical (unpaired) electrons. The molecule has 1 aliphatic carbocycles. The van der Waals surface area contributed by atoms with Gasteiger partial charge in [-0.1, -0.05) is 19.3 Å². The van der Waals surface area contributed by atoms with E-state index in [9.17, 15) is 0 Å². The topological polar surface area (TPSA) is 3.24 Å². The van der Waals surface area contributed by atoms with Gasteiger partial charge in [-0.2, -0.15) is 0 Å². The molecule has 1 saturated carbocycles. The average Bonchev–Trinajstić information content (AvgIpc) is 2.12. The van der Waals surface area contributed by atoms with Gasteiger partial charge in [0.2, 0.25) is 0 Å². The standard InChI is InChI=1S/C10H18N.ClH.Mg/c1-2-7-11(8-3-1)9-10-5-4-6-10;;/h1,10H,2-9H2;1H;/q;;+1/p-1. The van der Waals surface area contributed by atoms with Gasteiger partial charge in [0, 0.05) is 6.54 Å². The summed E-state index contributed by atoms with van der Waals surface area (Å²) in [5, 5.41) is 0. The quantitative estimate of drug-likeness (QED) is 0.649. The van der Waals surface area contributed by atoms with Crippen LogP contribution in [0.2, 0.25) is 4.05 Å². The van der Waals surface area contributed by atoms with Crippen LogP contribution in [-0.4, -0.2) is 43.8 Å². The molecule has 13 heavy (non-hydrogen) atoms. The number of halogens is 1. The molecule has 2 aliphatic rings. The van der Waals surface area contributed by atoms with Crippen LogP contribution in [0, 0.1) is 5.92 Å². The van der Waals surface area contributed by atoms with Crippen LogP contribution < -0.4 is 0 Å². The maximum Gasteiger partial charge on any atom is 0.504 e. The Labute approximate surface area is 94.7 Å². The molecular formula is C10H18ClMgN. The number of hydrogen-bond donors (Lipinski definition) is 0. The van der Waals surface area contributed by atoms with Gasteiger partial charge in [-0.25, -0.2) is 0 Å². The van der Waals surface area contributed by atoms with Crippen LogP contribution in [0.1, 0.15) is 32.1 Å². The first-order chi connectivity index (χ1) is 6.38. The van der Waals surface area contributed by atoms with Gasteiger partial charge in [-0.3, -0.25) is 0 Å². The molecule has 2 fully saturated rings. The second kappa shape index (κ2) is 5.20. The molecule has 1 nitrogen and oxygen atoms in total. The molecule has 1 saturated heterocycles. The number of nitrogens with zero attached hydrogens (tertiary/aromatic N) is 1. The zero-order chi connectivity index (χ0) is 9.10. The third kappa shape index (κ3) is 2.98. The average molecular weight is 212 g/mol. The summed E-state index contributed by atoms with van der Waals surface area (Å²) in [6.45, 7) is 4.05. The summed E-state index contributed by atoms with van der Waals surface area (Å²) < 4.78 is 0.944. The van der Waals surface area contributed by atoms with Crippen molar-refractivity contribution in [1.29, 1.82) is 0 Å². The van der Waals surface area contributed by atoms with E-state index in [0.717, 1.165) is 9.97 Å². The third-order valence-electron chi connectivity index (χ3n) is 3.67. The zero-order valence-corrected chi connectivity index (χ0v) is 10.5. The molecule has 0 spiro atoms. The largest absolute Gasteiger partial charge is 0.504 e. The van der Waals surface area contributed by atoms with Gasteiger partial charge in [0.15, 0.2) is 0 Å². The van der Waals surface area contributed by atoms with E-state index in [0.29, 0.717) is 0 Å². The maximum absolute atomic E-state index is 5.99. The monoisotopic (exact) mass is 211 g/mol. The van der Waals surface area contributed by atoms with Crippen LogP contribution >= 0.6 is 9.07 Å². The molecule has 0 aromatic rings.